The van der Waals surface area contributed by atoms with Crippen LogP contribution >= 0.6 is 0 Å². The Bertz CT molecular complexity index is 1350. The van der Waals surface area contributed by atoms with E-state index in [-0.39, 0.29) is 12.5 Å². The zero-order chi connectivity index (χ0) is 23.5. The summed E-state index contributed by atoms with van der Waals surface area (Å²) in [5, 5.41) is 0. The molecule has 0 atom stereocenters. The molecule has 1 aliphatic rings. The number of carbonyl (C=O) groups excluding carboxylic acids is 1. The Morgan fingerprint density at radius 1 is 1.03 bits per heavy atom. The van der Waals surface area contributed by atoms with Crippen molar-refractivity contribution in [1.29, 1.82) is 0 Å². The minimum Gasteiger partial charge on any atom is -0.494 e. The topological polar surface area (TPSA) is 93.7 Å². The zero-order valence-corrected chi connectivity index (χ0v) is 18.9. The van der Waals surface area contributed by atoms with E-state index in [2.05, 4.69) is 14.9 Å². The molecule has 3 heterocycles. The molecule has 1 fully saturated rings. The number of piperazine rings is 1. The smallest absolute Gasteiger partial charge is 0.420 e. The number of benzene rings is 2. The van der Waals surface area contributed by atoms with Crippen LogP contribution in [0.4, 0.5) is 5.82 Å². The van der Waals surface area contributed by atoms with Crippen LogP contribution in [0.3, 0.4) is 0 Å². The fourth-order valence-electron chi connectivity index (χ4n) is 4.15. The molecule has 1 aliphatic heterocycles. The lowest BCUT2D eigenvalue weighted by Crippen LogP contribution is -2.50. The summed E-state index contributed by atoms with van der Waals surface area (Å²) in [4.78, 5) is 37.9. The number of rotatable bonds is 6. The highest BCUT2D eigenvalue weighted by atomic mass is 16.5. The first-order chi connectivity index (χ1) is 16.6. The fourth-order valence-corrected chi connectivity index (χ4v) is 4.15. The van der Waals surface area contributed by atoms with Crippen molar-refractivity contribution in [3.05, 3.63) is 71.5 Å². The van der Waals surface area contributed by atoms with Crippen molar-refractivity contribution in [3.63, 3.8) is 0 Å². The van der Waals surface area contributed by atoms with Gasteiger partial charge in [-0.3, -0.25) is 9.36 Å². The third kappa shape index (κ3) is 4.36. The molecular formula is C25H25N5O4. The molecule has 2 aromatic carbocycles. The van der Waals surface area contributed by atoms with Crippen LogP contribution < -0.4 is 15.4 Å². The van der Waals surface area contributed by atoms with E-state index in [1.54, 1.807) is 29.4 Å². The molecule has 0 unspecified atom stereocenters. The molecule has 0 spiro atoms. The third-order valence-electron chi connectivity index (χ3n) is 5.94. The molecule has 4 aromatic rings. The molecule has 174 valence electrons. The number of hydrogen-bond acceptors (Lipinski definition) is 7. The van der Waals surface area contributed by atoms with Gasteiger partial charge in [0.1, 0.15) is 24.4 Å². The number of carbonyl (C=O) groups is 1. The second-order valence-corrected chi connectivity index (χ2v) is 8.01. The summed E-state index contributed by atoms with van der Waals surface area (Å²) < 4.78 is 12.1. The monoisotopic (exact) mass is 459 g/mol. The van der Waals surface area contributed by atoms with E-state index in [1.807, 2.05) is 43.3 Å². The lowest BCUT2D eigenvalue weighted by Gasteiger charge is -2.35. The van der Waals surface area contributed by atoms with Gasteiger partial charge in [-0.15, -0.1) is 0 Å². The number of fused-ring (bicyclic) bond motifs is 1. The molecule has 5 rings (SSSR count). The molecule has 0 saturated carbocycles. The van der Waals surface area contributed by atoms with Crippen LogP contribution in [0.15, 0.2) is 70.1 Å². The highest BCUT2D eigenvalue weighted by Crippen LogP contribution is 2.24. The molecule has 0 aliphatic carbocycles. The number of anilines is 1. The maximum Gasteiger partial charge on any atom is 0.420 e. The van der Waals surface area contributed by atoms with Gasteiger partial charge in [0, 0.05) is 37.8 Å². The molecule has 0 bridgehead atoms. The second kappa shape index (κ2) is 9.38. The van der Waals surface area contributed by atoms with Gasteiger partial charge in [-0.25, -0.2) is 14.8 Å². The van der Waals surface area contributed by atoms with Crippen LogP contribution in [0, 0.1) is 0 Å². The van der Waals surface area contributed by atoms with Gasteiger partial charge in [0.25, 0.3) is 0 Å². The van der Waals surface area contributed by atoms with E-state index in [4.69, 9.17) is 9.15 Å². The summed E-state index contributed by atoms with van der Waals surface area (Å²) in [6, 6.07) is 16.9. The molecule has 2 aromatic heterocycles. The van der Waals surface area contributed by atoms with Gasteiger partial charge < -0.3 is 19.0 Å². The molecular weight excluding hydrogens is 434 g/mol. The Labute approximate surface area is 196 Å². The van der Waals surface area contributed by atoms with Crippen LogP contribution in [0.1, 0.15) is 6.92 Å². The Morgan fingerprint density at radius 2 is 1.79 bits per heavy atom. The van der Waals surface area contributed by atoms with Crippen LogP contribution in [0.5, 0.6) is 5.75 Å². The van der Waals surface area contributed by atoms with Crippen molar-refractivity contribution in [2.24, 2.45) is 0 Å². The summed E-state index contributed by atoms with van der Waals surface area (Å²) in [5.41, 5.74) is 2.93. The maximum atomic E-state index is 12.9. The average molecular weight is 460 g/mol. The molecule has 1 amide bonds. The normalized spacial score (nSPS) is 13.9. The summed E-state index contributed by atoms with van der Waals surface area (Å²) in [7, 11) is 0. The molecule has 0 radical (unpaired) electrons. The first kappa shape index (κ1) is 21.7. The number of ether oxygens (including phenoxy) is 1. The van der Waals surface area contributed by atoms with Crippen molar-refractivity contribution >= 4 is 22.8 Å². The summed E-state index contributed by atoms with van der Waals surface area (Å²) >= 11 is 0. The number of para-hydroxylation sites is 2. The summed E-state index contributed by atoms with van der Waals surface area (Å²) in [5.74, 6) is 1.03. The van der Waals surface area contributed by atoms with Gasteiger partial charge >= 0.3 is 5.76 Å². The Kier molecular flexibility index (Phi) is 5.99. The molecule has 1 saturated heterocycles. The average Bonchev–Trinajstić information content (AvgIpc) is 3.19. The Hall–Kier alpha value is -4.14. The fraction of sp³-hybridized carbons (Fsp3) is 0.280. The lowest BCUT2D eigenvalue weighted by molar-refractivity contribution is -0.132. The number of aromatic nitrogens is 3. The van der Waals surface area contributed by atoms with E-state index < -0.39 is 5.76 Å². The lowest BCUT2D eigenvalue weighted by atomic mass is 10.1. The Balaban J connectivity index is 1.23. The SMILES string of the molecule is CCOc1ccc(-c2cc(N3CCN(C(=O)Cn4c(=O)oc5ccccc54)CC3)ncn2)cc1. The van der Waals surface area contributed by atoms with E-state index in [1.165, 1.54) is 4.57 Å². The van der Waals surface area contributed by atoms with Crippen LogP contribution in [-0.2, 0) is 11.3 Å². The predicted octanol–water partition coefficient (Wildman–Crippen LogP) is 2.80. The van der Waals surface area contributed by atoms with E-state index >= 15 is 0 Å². The number of oxazole rings is 1. The van der Waals surface area contributed by atoms with Gasteiger partial charge in [-0.2, -0.15) is 0 Å². The first-order valence-electron chi connectivity index (χ1n) is 11.3. The highest BCUT2D eigenvalue weighted by Gasteiger charge is 2.24. The third-order valence-corrected chi connectivity index (χ3v) is 5.94. The van der Waals surface area contributed by atoms with Crippen molar-refractivity contribution in [2.45, 2.75) is 13.5 Å². The van der Waals surface area contributed by atoms with Crippen molar-refractivity contribution < 1.29 is 13.9 Å². The van der Waals surface area contributed by atoms with Gasteiger partial charge in [-0.1, -0.05) is 12.1 Å². The van der Waals surface area contributed by atoms with Crippen LogP contribution in [-0.4, -0.2) is 58.1 Å². The summed E-state index contributed by atoms with van der Waals surface area (Å²) in [6.07, 6.45) is 1.56. The van der Waals surface area contributed by atoms with E-state index in [0.29, 0.717) is 43.9 Å². The predicted molar refractivity (Wildman–Crippen MR) is 128 cm³/mol. The zero-order valence-electron chi connectivity index (χ0n) is 18.9. The van der Waals surface area contributed by atoms with Crippen molar-refractivity contribution in [2.75, 3.05) is 37.7 Å². The van der Waals surface area contributed by atoms with E-state index in [9.17, 15) is 9.59 Å². The van der Waals surface area contributed by atoms with Crippen LogP contribution in [0.25, 0.3) is 22.4 Å². The minimum absolute atomic E-state index is 0.0365. The molecule has 0 N–H and O–H groups in total. The maximum absolute atomic E-state index is 12.9. The van der Waals surface area contributed by atoms with Crippen LogP contribution in [0.2, 0.25) is 0 Å². The van der Waals surface area contributed by atoms with Gasteiger partial charge in [-0.05, 0) is 43.3 Å². The van der Waals surface area contributed by atoms with E-state index in [0.717, 1.165) is 22.8 Å². The molecule has 9 heteroatoms. The molecule has 34 heavy (non-hydrogen) atoms. The van der Waals surface area contributed by atoms with Gasteiger partial charge in [0.05, 0.1) is 17.8 Å². The standard InChI is InChI=1S/C25H25N5O4/c1-2-33-19-9-7-18(8-10-19)20-15-23(27-17-26-20)28-11-13-29(14-12-28)24(31)16-30-21-5-3-4-6-22(21)34-25(30)32/h3-10,15,17H,2,11-14,16H2,1H3. The van der Waals surface area contributed by atoms with Gasteiger partial charge in [0.2, 0.25) is 5.91 Å². The van der Waals surface area contributed by atoms with Gasteiger partial charge in [0.15, 0.2) is 5.58 Å². The second-order valence-electron chi connectivity index (χ2n) is 8.01. The Morgan fingerprint density at radius 3 is 2.56 bits per heavy atom. The largest absolute Gasteiger partial charge is 0.494 e. The first-order valence-corrected chi connectivity index (χ1v) is 11.3. The van der Waals surface area contributed by atoms with Crippen molar-refractivity contribution in [1.82, 2.24) is 19.4 Å². The number of nitrogens with zero attached hydrogens (tertiary/aromatic N) is 5. The molecule has 9 nitrogen and oxygen atoms in total. The summed E-state index contributed by atoms with van der Waals surface area (Å²) in [6.45, 7) is 4.93. The van der Waals surface area contributed by atoms with Crippen molar-refractivity contribution in [3.8, 4) is 17.0 Å². The minimum atomic E-state index is -0.518. The number of amides is 1. The highest BCUT2D eigenvalue weighted by molar-refractivity contribution is 5.80. The number of hydrogen-bond donors (Lipinski definition) is 0. The quantitative estimate of drug-likeness (QED) is 0.438.